The largest absolute Gasteiger partial charge is 0.467 e. The zero-order chi connectivity index (χ0) is 22.0. The van der Waals surface area contributed by atoms with Crippen molar-refractivity contribution in [3.8, 4) is 0 Å². The number of esters is 1. The average molecular weight is 428 g/mol. The molecule has 2 N–H and O–H groups in total. The van der Waals surface area contributed by atoms with Crippen molar-refractivity contribution < 1.29 is 14.3 Å². The van der Waals surface area contributed by atoms with E-state index in [0.717, 1.165) is 48.4 Å². The fourth-order valence-corrected chi connectivity index (χ4v) is 4.25. The zero-order valence-electron chi connectivity index (χ0n) is 18.4. The number of carbonyl (C=O) groups excluding carboxylic acids is 1. The van der Waals surface area contributed by atoms with Gasteiger partial charge >= 0.3 is 5.97 Å². The molecule has 0 bridgehead atoms. The van der Waals surface area contributed by atoms with Crippen LogP contribution in [0.1, 0.15) is 56.5 Å². The molecule has 1 aliphatic rings. The number of hydrogen-bond donors (Lipinski definition) is 2. The van der Waals surface area contributed by atoms with Gasteiger partial charge in [0.05, 0.1) is 18.7 Å². The highest BCUT2D eigenvalue weighted by Gasteiger charge is 2.44. The lowest BCUT2D eigenvalue weighted by Crippen LogP contribution is -2.44. The first-order valence-corrected chi connectivity index (χ1v) is 10.7. The summed E-state index contributed by atoms with van der Waals surface area (Å²) in [7, 11) is 2.97. The summed E-state index contributed by atoms with van der Waals surface area (Å²) in [4.78, 5) is 22.0. The van der Waals surface area contributed by atoms with Crippen molar-refractivity contribution in [3.63, 3.8) is 0 Å². The van der Waals surface area contributed by atoms with Crippen molar-refractivity contribution in [1.82, 2.24) is 29.9 Å². The van der Waals surface area contributed by atoms with Crippen molar-refractivity contribution in [2.75, 3.05) is 19.5 Å². The SMILES string of the molecule is CCCn1ncc2c(Nc3cc(C)[nH]n3)nc(C3CCC(OC)(C(=O)OC)CC3)nc21. The molecule has 4 rings (SSSR count). The maximum atomic E-state index is 12.3. The average Bonchev–Trinajstić information content (AvgIpc) is 3.39. The molecule has 1 fully saturated rings. The second-order valence-corrected chi connectivity index (χ2v) is 8.06. The number of nitrogens with zero attached hydrogens (tertiary/aromatic N) is 5. The second kappa shape index (κ2) is 8.62. The van der Waals surface area contributed by atoms with Gasteiger partial charge in [-0.15, -0.1) is 0 Å². The third-order valence-electron chi connectivity index (χ3n) is 6.01. The van der Waals surface area contributed by atoms with Crippen LogP contribution in [0.15, 0.2) is 12.3 Å². The molecule has 0 amide bonds. The minimum atomic E-state index is -0.882. The standard InChI is InChI=1S/C21H29N7O3/c1-5-10-28-19-15(12-22-28)18(23-16-11-13(2)26-27-16)24-17(25-19)14-6-8-21(31-4,9-7-14)20(29)30-3/h11-12,14H,5-10H2,1-4H3,(H2,23,24,25,26,27). The Labute approximate surface area is 180 Å². The molecule has 0 spiro atoms. The van der Waals surface area contributed by atoms with Crippen molar-refractivity contribution in [2.24, 2.45) is 0 Å². The van der Waals surface area contributed by atoms with Crippen LogP contribution < -0.4 is 5.32 Å². The Hall–Kier alpha value is -3.01. The number of aryl methyl sites for hydroxylation is 2. The Bertz CT molecular complexity index is 1070. The second-order valence-electron chi connectivity index (χ2n) is 8.06. The van der Waals surface area contributed by atoms with Crippen molar-refractivity contribution in [1.29, 1.82) is 0 Å². The molecule has 0 radical (unpaired) electrons. The molecule has 1 aliphatic carbocycles. The molecule has 10 heteroatoms. The highest BCUT2D eigenvalue weighted by atomic mass is 16.6. The molecule has 166 valence electrons. The number of fused-ring (bicyclic) bond motifs is 1. The Morgan fingerprint density at radius 2 is 2.10 bits per heavy atom. The predicted octanol–water partition coefficient (Wildman–Crippen LogP) is 3.23. The number of aromatic amines is 1. The highest BCUT2D eigenvalue weighted by molar-refractivity contribution is 5.88. The van der Waals surface area contributed by atoms with Crippen LogP contribution in [0.2, 0.25) is 0 Å². The summed E-state index contributed by atoms with van der Waals surface area (Å²) in [6.07, 6.45) is 5.35. The van der Waals surface area contributed by atoms with Crippen LogP contribution in [0.25, 0.3) is 11.0 Å². The van der Waals surface area contributed by atoms with Gasteiger partial charge in [-0.2, -0.15) is 10.2 Å². The van der Waals surface area contributed by atoms with Gasteiger partial charge in [0.15, 0.2) is 17.1 Å². The number of carbonyl (C=O) groups is 1. The number of nitrogens with one attached hydrogen (secondary N) is 2. The smallest absolute Gasteiger partial charge is 0.338 e. The topological polar surface area (TPSA) is 120 Å². The minimum absolute atomic E-state index is 0.115. The number of H-pyrrole nitrogens is 1. The molecule has 0 unspecified atom stereocenters. The molecule has 0 aliphatic heterocycles. The van der Waals surface area contributed by atoms with Crippen molar-refractivity contribution in [2.45, 2.75) is 64.0 Å². The first kappa shape index (κ1) is 21.2. The summed E-state index contributed by atoms with van der Waals surface area (Å²) in [5, 5.41) is 15.9. The van der Waals surface area contributed by atoms with Gasteiger partial charge in [-0.3, -0.25) is 5.10 Å². The minimum Gasteiger partial charge on any atom is -0.467 e. The molecular weight excluding hydrogens is 398 g/mol. The summed E-state index contributed by atoms with van der Waals surface area (Å²) in [5.41, 5.74) is 0.881. The number of anilines is 2. The Morgan fingerprint density at radius 1 is 1.32 bits per heavy atom. The fourth-order valence-electron chi connectivity index (χ4n) is 4.25. The molecule has 0 saturated heterocycles. The highest BCUT2D eigenvalue weighted by Crippen LogP contribution is 2.40. The molecule has 31 heavy (non-hydrogen) atoms. The molecule has 0 aromatic carbocycles. The zero-order valence-corrected chi connectivity index (χ0v) is 18.4. The van der Waals surface area contributed by atoms with E-state index in [4.69, 9.17) is 19.4 Å². The van der Waals surface area contributed by atoms with E-state index in [1.807, 2.05) is 17.7 Å². The maximum Gasteiger partial charge on any atom is 0.338 e. The first-order valence-electron chi connectivity index (χ1n) is 10.7. The van der Waals surface area contributed by atoms with Crippen LogP contribution in [0.4, 0.5) is 11.6 Å². The predicted molar refractivity (Wildman–Crippen MR) is 115 cm³/mol. The molecule has 3 aromatic rings. The molecular formula is C21H29N7O3. The summed E-state index contributed by atoms with van der Waals surface area (Å²) >= 11 is 0. The summed E-state index contributed by atoms with van der Waals surface area (Å²) in [6, 6.07) is 1.92. The Morgan fingerprint density at radius 3 is 2.71 bits per heavy atom. The number of hydrogen-bond acceptors (Lipinski definition) is 8. The maximum absolute atomic E-state index is 12.3. The number of rotatable bonds is 7. The van der Waals surface area contributed by atoms with Gasteiger partial charge in [0.2, 0.25) is 0 Å². The lowest BCUT2D eigenvalue weighted by atomic mass is 9.78. The molecule has 3 heterocycles. The quantitative estimate of drug-likeness (QED) is 0.552. The third-order valence-corrected chi connectivity index (χ3v) is 6.01. The van der Waals surface area contributed by atoms with Crippen LogP contribution in [-0.4, -0.2) is 55.7 Å². The van der Waals surface area contributed by atoms with E-state index in [1.165, 1.54) is 7.11 Å². The van der Waals surface area contributed by atoms with Gasteiger partial charge in [0, 0.05) is 31.3 Å². The molecule has 1 saturated carbocycles. The first-order chi connectivity index (χ1) is 15.0. The van der Waals surface area contributed by atoms with Gasteiger partial charge in [-0.1, -0.05) is 6.92 Å². The van der Waals surface area contributed by atoms with Gasteiger partial charge < -0.3 is 14.8 Å². The van der Waals surface area contributed by atoms with Gasteiger partial charge in [0.25, 0.3) is 0 Å². The van der Waals surface area contributed by atoms with Crippen LogP contribution in [0, 0.1) is 6.92 Å². The Kier molecular flexibility index (Phi) is 5.90. The summed E-state index contributed by atoms with van der Waals surface area (Å²) in [6.45, 7) is 4.84. The number of ether oxygens (including phenoxy) is 2. The molecule has 10 nitrogen and oxygen atoms in total. The van der Waals surface area contributed by atoms with E-state index >= 15 is 0 Å². The molecule has 3 aromatic heterocycles. The summed E-state index contributed by atoms with van der Waals surface area (Å²) < 4.78 is 12.5. The van der Waals surface area contributed by atoms with E-state index in [0.29, 0.717) is 24.5 Å². The van der Waals surface area contributed by atoms with Gasteiger partial charge in [-0.05, 0) is 39.0 Å². The lowest BCUT2D eigenvalue weighted by molar-refractivity contribution is -0.170. The number of methoxy groups -OCH3 is 2. The summed E-state index contributed by atoms with van der Waals surface area (Å²) in [5.74, 6) is 1.92. The van der Waals surface area contributed by atoms with E-state index in [-0.39, 0.29) is 11.9 Å². The van der Waals surface area contributed by atoms with Crippen LogP contribution >= 0.6 is 0 Å². The number of aromatic nitrogens is 6. The fraction of sp³-hybridized carbons (Fsp3) is 0.571. The van der Waals surface area contributed by atoms with E-state index in [9.17, 15) is 4.79 Å². The van der Waals surface area contributed by atoms with Crippen LogP contribution in [-0.2, 0) is 20.8 Å². The molecule has 0 atom stereocenters. The van der Waals surface area contributed by atoms with Crippen LogP contribution in [0.5, 0.6) is 0 Å². The van der Waals surface area contributed by atoms with Crippen molar-refractivity contribution in [3.05, 3.63) is 23.8 Å². The van der Waals surface area contributed by atoms with Crippen molar-refractivity contribution >= 4 is 28.6 Å². The lowest BCUT2D eigenvalue weighted by Gasteiger charge is -2.36. The van der Waals surface area contributed by atoms with Gasteiger partial charge in [-0.25, -0.2) is 19.4 Å². The van der Waals surface area contributed by atoms with E-state index < -0.39 is 5.60 Å². The third kappa shape index (κ3) is 3.99. The van der Waals surface area contributed by atoms with E-state index in [1.54, 1.807) is 13.3 Å². The normalized spacial score (nSPS) is 21.4. The monoisotopic (exact) mass is 427 g/mol. The Balaban J connectivity index is 1.67. The van der Waals surface area contributed by atoms with E-state index in [2.05, 4.69) is 27.5 Å². The van der Waals surface area contributed by atoms with Gasteiger partial charge in [0.1, 0.15) is 11.6 Å². The van der Waals surface area contributed by atoms with Crippen LogP contribution in [0.3, 0.4) is 0 Å².